The van der Waals surface area contributed by atoms with E-state index in [9.17, 15) is 4.79 Å². The Morgan fingerprint density at radius 2 is 2.22 bits per heavy atom. The Balaban J connectivity index is 2.10. The zero-order chi connectivity index (χ0) is 13.0. The van der Waals surface area contributed by atoms with Crippen molar-refractivity contribution in [3.63, 3.8) is 0 Å². The summed E-state index contributed by atoms with van der Waals surface area (Å²) in [6, 6.07) is 9.47. The predicted molar refractivity (Wildman–Crippen MR) is 75.7 cm³/mol. The monoisotopic (exact) mass is 307 g/mol. The number of halogens is 1. The van der Waals surface area contributed by atoms with Crippen LogP contribution < -0.4 is 10.9 Å². The minimum Gasteiger partial charge on any atom is -0.366 e. The normalized spacial score (nSPS) is 10.3. The standard InChI is InChI=1S/C13H14BrN3O/c1-2-11-16-12(7-13(18)17-11)15-8-9-4-3-5-10(14)6-9/h3-7H,2,8H2,1H3,(H2,15,16,17,18). The first kappa shape index (κ1) is 12.8. The number of nitrogens with zero attached hydrogens (tertiary/aromatic N) is 1. The van der Waals surface area contributed by atoms with E-state index in [4.69, 9.17) is 0 Å². The van der Waals surface area contributed by atoms with Crippen molar-refractivity contribution in [3.8, 4) is 0 Å². The van der Waals surface area contributed by atoms with Crippen LogP contribution in [-0.4, -0.2) is 9.97 Å². The van der Waals surface area contributed by atoms with Gasteiger partial charge in [-0.1, -0.05) is 35.0 Å². The van der Waals surface area contributed by atoms with Crippen molar-refractivity contribution in [2.24, 2.45) is 0 Å². The first-order valence-electron chi connectivity index (χ1n) is 5.76. The van der Waals surface area contributed by atoms with Crippen LogP contribution in [0.15, 0.2) is 39.6 Å². The molecule has 1 aromatic carbocycles. The maximum atomic E-state index is 11.4. The largest absolute Gasteiger partial charge is 0.366 e. The molecule has 0 unspecified atom stereocenters. The lowest BCUT2D eigenvalue weighted by atomic mass is 10.2. The van der Waals surface area contributed by atoms with Crippen LogP contribution in [-0.2, 0) is 13.0 Å². The number of H-pyrrole nitrogens is 1. The predicted octanol–water partition coefficient (Wildman–Crippen LogP) is 2.71. The van der Waals surface area contributed by atoms with E-state index in [0.717, 1.165) is 10.0 Å². The molecule has 18 heavy (non-hydrogen) atoms. The van der Waals surface area contributed by atoms with Gasteiger partial charge in [0.15, 0.2) is 0 Å². The lowest BCUT2D eigenvalue weighted by Crippen LogP contribution is -2.13. The van der Waals surface area contributed by atoms with Crippen molar-refractivity contribution in [1.82, 2.24) is 9.97 Å². The Morgan fingerprint density at radius 3 is 2.94 bits per heavy atom. The van der Waals surface area contributed by atoms with Crippen molar-refractivity contribution in [2.75, 3.05) is 5.32 Å². The third-order valence-corrected chi connectivity index (χ3v) is 2.98. The molecule has 5 heteroatoms. The number of anilines is 1. The molecule has 2 aromatic rings. The van der Waals surface area contributed by atoms with Gasteiger partial charge in [-0.25, -0.2) is 4.98 Å². The maximum Gasteiger partial charge on any atom is 0.252 e. The van der Waals surface area contributed by atoms with Gasteiger partial charge in [0.2, 0.25) is 0 Å². The van der Waals surface area contributed by atoms with Gasteiger partial charge in [-0.3, -0.25) is 4.79 Å². The van der Waals surface area contributed by atoms with E-state index in [1.54, 1.807) is 0 Å². The molecule has 1 aromatic heterocycles. The second kappa shape index (κ2) is 5.82. The van der Waals surface area contributed by atoms with E-state index in [1.165, 1.54) is 6.07 Å². The molecule has 0 aliphatic carbocycles. The Bertz CT molecular complexity index is 595. The van der Waals surface area contributed by atoms with Gasteiger partial charge in [-0.2, -0.15) is 0 Å². The number of hydrogen-bond acceptors (Lipinski definition) is 3. The number of hydrogen-bond donors (Lipinski definition) is 2. The zero-order valence-corrected chi connectivity index (χ0v) is 11.6. The average molecular weight is 308 g/mol. The van der Waals surface area contributed by atoms with Crippen LogP contribution in [0.4, 0.5) is 5.82 Å². The van der Waals surface area contributed by atoms with Gasteiger partial charge in [0.25, 0.3) is 5.56 Å². The van der Waals surface area contributed by atoms with Gasteiger partial charge in [-0.15, -0.1) is 0 Å². The highest BCUT2D eigenvalue weighted by atomic mass is 79.9. The van der Waals surface area contributed by atoms with Crippen LogP contribution in [0, 0.1) is 0 Å². The van der Waals surface area contributed by atoms with Crippen LogP contribution in [0.2, 0.25) is 0 Å². The number of aromatic nitrogens is 2. The summed E-state index contributed by atoms with van der Waals surface area (Å²) in [4.78, 5) is 18.4. The van der Waals surface area contributed by atoms with Gasteiger partial charge < -0.3 is 10.3 Å². The summed E-state index contributed by atoms with van der Waals surface area (Å²) in [6.45, 7) is 2.59. The number of aromatic amines is 1. The highest BCUT2D eigenvalue weighted by Crippen LogP contribution is 2.12. The summed E-state index contributed by atoms with van der Waals surface area (Å²) in [5, 5.41) is 3.15. The summed E-state index contributed by atoms with van der Waals surface area (Å²) in [6.07, 6.45) is 0.710. The summed E-state index contributed by atoms with van der Waals surface area (Å²) in [7, 11) is 0. The molecule has 4 nitrogen and oxygen atoms in total. The molecule has 0 amide bonds. The first-order chi connectivity index (χ1) is 8.67. The molecule has 0 fully saturated rings. The van der Waals surface area contributed by atoms with E-state index in [2.05, 4.69) is 31.2 Å². The zero-order valence-electron chi connectivity index (χ0n) is 10.0. The molecule has 0 aliphatic heterocycles. The SMILES string of the molecule is CCc1nc(NCc2cccc(Br)c2)cc(=O)[nH]1. The Morgan fingerprint density at radius 1 is 1.39 bits per heavy atom. The van der Waals surface area contributed by atoms with E-state index in [1.807, 2.05) is 31.2 Å². The summed E-state index contributed by atoms with van der Waals surface area (Å²) in [5.41, 5.74) is 1.00. The third-order valence-electron chi connectivity index (χ3n) is 2.49. The molecule has 94 valence electrons. The van der Waals surface area contributed by atoms with Gasteiger partial charge >= 0.3 is 0 Å². The van der Waals surface area contributed by atoms with E-state index in [0.29, 0.717) is 24.6 Å². The molecule has 1 heterocycles. The Hall–Kier alpha value is -1.62. The quantitative estimate of drug-likeness (QED) is 0.913. The summed E-state index contributed by atoms with van der Waals surface area (Å²) >= 11 is 3.42. The van der Waals surface area contributed by atoms with Crippen molar-refractivity contribution in [3.05, 3.63) is 56.5 Å². The molecule has 0 aliphatic rings. The maximum absolute atomic E-state index is 11.4. The topological polar surface area (TPSA) is 57.8 Å². The van der Waals surface area contributed by atoms with E-state index in [-0.39, 0.29) is 5.56 Å². The summed E-state index contributed by atoms with van der Waals surface area (Å²) < 4.78 is 1.04. The van der Waals surface area contributed by atoms with E-state index >= 15 is 0 Å². The second-order valence-electron chi connectivity index (χ2n) is 3.91. The highest BCUT2D eigenvalue weighted by Gasteiger charge is 2.00. The number of benzene rings is 1. The lowest BCUT2D eigenvalue weighted by Gasteiger charge is -2.07. The minimum atomic E-state index is -0.126. The highest BCUT2D eigenvalue weighted by molar-refractivity contribution is 9.10. The Kier molecular flexibility index (Phi) is 4.15. The molecular weight excluding hydrogens is 294 g/mol. The second-order valence-corrected chi connectivity index (χ2v) is 4.83. The average Bonchev–Trinajstić information content (AvgIpc) is 2.36. The molecule has 2 rings (SSSR count). The van der Waals surface area contributed by atoms with Crippen molar-refractivity contribution >= 4 is 21.7 Å². The number of aryl methyl sites for hydroxylation is 1. The molecular formula is C13H14BrN3O. The van der Waals surface area contributed by atoms with Crippen LogP contribution >= 0.6 is 15.9 Å². The van der Waals surface area contributed by atoms with Crippen LogP contribution in [0.1, 0.15) is 18.3 Å². The van der Waals surface area contributed by atoms with E-state index < -0.39 is 0 Å². The molecule has 0 spiro atoms. The lowest BCUT2D eigenvalue weighted by molar-refractivity contribution is 0.914. The van der Waals surface area contributed by atoms with Gasteiger partial charge in [0.1, 0.15) is 11.6 Å². The molecule has 0 saturated carbocycles. The van der Waals surface area contributed by atoms with Crippen LogP contribution in [0.25, 0.3) is 0 Å². The smallest absolute Gasteiger partial charge is 0.252 e. The fourth-order valence-electron chi connectivity index (χ4n) is 1.61. The number of rotatable bonds is 4. The minimum absolute atomic E-state index is 0.126. The van der Waals surface area contributed by atoms with Crippen molar-refractivity contribution in [2.45, 2.75) is 19.9 Å². The van der Waals surface area contributed by atoms with Crippen molar-refractivity contribution < 1.29 is 0 Å². The Labute approximate surface area is 114 Å². The molecule has 0 radical (unpaired) electrons. The summed E-state index contributed by atoms with van der Waals surface area (Å²) in [5.74, 6) is 1.30. The van der Waals surface area contributed by atoms with Gasteiger partial charge in [0, 0.05) is 23.5 Å². The fraction of sp³-hybridized carbons (Fsp3) is 0.231. The van der Waals surface area contributed by atoms with Crippen LogP contribution in [0.3, 0.4) is 0 Å². The molecule has 2 N–H and O–H groups in total. The first-order valence-corrected chi connectivity index (χ1v) is 6.55. The fourth-order valence-corrected chi connectivity index (χ4v) is 2.05. The van der Waals surface area contributed by atoms with Gasteiger partial charge in [-0.05, 0) is 17.7 Å². The molecule has 0 bridgehead atoms. The van der Waals surface area contributed by atoms with Crippen molar-refractivity contribution in [1.29, 1.82) is 0 Å². The number of nitrogens with one attached hydrogen (secondary N) is 2. The van der Waals surface area contributed by atoms with Gasteiger partial charge in [0.05, 0.1) is 0 Å². The molecule has 0 atom stereocenters. The molecule has 0 saturated heterocycles. The third kappa shape index (κ3) is 3.43. The van der Waals surface area contributed by atoms with Crippen LogP contribution in [0.5, 0.6) is 0 Å².